The van der Waals surface area contributed by atoms with Gasteiger partial charge in [0.1, 0.15) is 5.41 Å². The molecule has 2 bridgehead atoms. The number of rotatable bonds is 0. The van der Waals surface area contributed by atoms with E-state index < -0.39 is 5.41 Å². The smallest absolute Gasteiger partial charge is 0.239 e. The molecule has 1 amide bonds. The highest BCUT2D eigenvalue weighted by atomic mass is 16.2. The molecule has 3 fully saturated rings. The Bertz CT molecular complexity index is 861. The highest BCUT2D eigenvalue weighted by Gasteiger charge is 2.85. The second-order valence-electron chi connectivity index (χ2n) is 8.30. The standard InChI is InChI=1S/C20H20N2O2/c1-12-15(23)20-11-18(12)7-4-9-22-10-8-19(20,16(18)22)13-5-2-3-6-14(13)21-17(20)24/h2-7,12,16H,8-11H2,1H3,(H,21,24)/t12?,16-,18+,19-,20-/m1/s1. The number of amides is 1. The van der Waals surface area contributed by atoms with Crippen molar-refractivity contribution >= 4 is 17.4 Å². The lowest BCUT2D eigenvalue weighted by Gasteiger charge is -2.54. The molecule has 1 unspecified atom stereocenters. The summed E-state index contributed by atoms with van der Waals surface area (Å²) in [5.74, 6) is 0.0301. The highest BCUT2D eigenvalue weighted by molar-refractivity contribution is 6.18. The van der Waals surface area contributed by atoms with Gasteiger partial charge in [0.05, 0.1) is 0 Å². The van der Waals surface area contributed by atoms with Gasteiger partial charge in [-0.25, -0.2) is 0 Å². The number of nitrogens with one attached hydrogen (secondary N) is 1. The van der Waals surface area contributed by atoms with Gasteiger partial charge in [-0.15, -0.1) is 0 Å². The van der Waals surface area contributed by atoms with E-state index in [4.69, 9.17) is 0 Å². The van der Waals surface area contributed by atoms with Crippen LogP contribution in [0.5, 0.6) is 0 Å². The molecule has 1 saturated heterocycles. The Morgan fingerprint density at radius 3 is 2.96 bits per heavy atom. The molecule has 0 radical (unpaired) electrons. The molecule has 3 aliphatic heterocycles. The third-order valence-corrected chi connectivity index (χ3v) is 7.90. The van der Waals surface area contributed by atoms with Gasteiger partial charge in [-0.3, -0.25) is 14.5 Å². The van der Waals surface area contributed by atoms with E-state index in [9.17, 15) is 9.59 Å². The van der Waals surface area contributed by atoms with Gasteiger partial charge in [-0.1, -0.05) is 37.3 Å². The summed E-state index contributed by atoms with van der Waals surface area (Å²) in [6, 6.07) is 8.42. The molecule has 2 saturated carbocycles. The van der Waals surface area contributed by atoms with Gasteiger partial charge in [-0.2, -0.15) is 0 Å². The Morgan fingerprint density at radius 1 is 1.25 bits per heavy atom. The monoisotopic (exact) mass is 320 g/mol. The molecule has 6 rings (SSSR count). The maximum atomic E-state index is 13.5. The summed E-state index contributed by atoms with van der Waals surface area (Å²) in [6.07, 6.45) is 6.09. The quantitative estimate of drug-likeness (QED) is 0.588. The third-order valence-electron chi connectivity index (χ3n) is 7.90. The largest absolute Gasteiger partial charge is 0.325 e. The molecule has 3 heterocycles. The van der Waals surface area contributed by atoms with Crippen LogP contribution in [0.4, 0.5) is 5.69 Å². The predicted molar refractivity (Wildman–Crippen MR) is 89.5 cm³/mol. The van der Waals surface area contributed by atoms with Crippen LogP contribution in [0.2, 0.25) is 0 Å². The minimum atomic E-state index is -0.880. The molecule has 1 aromatic rings. The van der Waals surface area contributed by atoms with Crippen LogP contribution in [0.15, 0.2) is 36.4 Å². The minimum Gasteiger partial charge on any atom is -0.325 e. The van der Waals surface area contributed by atoms with E-state index in [1.807, 2.05) is 25.1 Å². The number of anilines is 1. The van der Waals surface area contributed by atoms with Gasteiger partial charge < -0.3 is 5.32 Å². The van der Waals surface area contributed by atoms with Crippen molar-refractivity contribution in [2.75, 3.05) is 18.4 Å². The van der Waals surface area contributed by atoms with Gasteiger partial charge in [0.15, 0.2) is 5.78 Å². The highest BCUT2D eigenvalue weighted by Crippen LogP contribution is 2.77. The molecule has 2 aliphatic carbocycles. The molecule has 0 aromatic heterocycles. The first kappa shape index (κ1) is 13.4. The van der Waals surface area contributed by atoms with Crippen molar-refractivity contribution in [3.63, 3.8) is 0 Å². The molecule has 3 spiro atoms. The van der Waals surface area contributed by atoms with Crippen LogP contribution in [0.3, 0.4) is 0 Å². The predicted octanol–water partition coefficient (Wildman–Crippen LogP) is 2.12. The summed E-state index contributed by atoms with van der Waals surface area (Å²) < 4.78 is 0. The lowest BCUT2D eigenvalue weighted by Crippen LogP contribution is -2.65. The zero-order valence-electron chi connectivity index (χ0n) is 13.7. The SMILES string of the molecule is CC1C(=O)[C@@]23C[C@@]14C=CCN1CC[C@@]2(c2ccccc2NC3=O)[C@H]14. The normalized spacial score (nSPS) is 47.4. The van der Waals surface area contributed by atoms with E-state index in [0.29, 0.717) is 6.42 Å². The van der Waals surface area contributed by atoms with Crippen molar-refractivity contribution < 1.29 is 9.59 Å². The fourth-order valence-corrected chi connectivity index (χ4v) is 7.18. The van der Waals surface area contributed by atoms with Crippen molar-refractivity contribution in [1.29, 1.82) is 0 Å². The van der Waals surface area contributed by atoms with E-state index in [1.165, 1.54) is 5.56 Å². The number of para-hydroxylation sites is 1. The van der Waals surface area contributed by atoms with Crippen molar-refractivity contribution in [2.24, 2.45) is 16.7 Å². The zero-order valence-corrected chi connectivity index (χ0v) is 13.7. The zero-order chi connectivity index (χ0) is 16.3. The number of hydrogen-bond acceptors (Lipinski definition) is 3. The maximum absolute atomic E-state index is 13.5. The average molecular weight is 320 g/mol. The number of fused-ring (bicyclic) bond motifs is 1. The molecule has 4 nitrogen and oxygen atoms in total. The van der Waals surface area contributed by atoms with Gasteiger partial charge >= 0.3 is 0 Å². The molecule has 5 aliphatic rings. The fraction of sp³-hybridized carbons (Fsp3) is 0.500. The number of Topliss-reactive ketones (excluding diaryl/α,β-unsaturated/α-hetero) is 1. The first-order chi connectivity index (χ1) is 11.6. The summed E-state index contributed by atoms with van der Waals surface area (Å²) in [7, 11) is 0. The average Bonchev–Trinajstić information content (AvgIpc) is 3.18. The number of hydrogen-bond donors (Lipinski definition) is 1. The summed E-state index contributed by atoms with van der Waals surface area (Å²) in [5, 5.41) is 3.08. The van der Waals surface area contributed by atoms with Crippen molar-refractivity contribution in [3.05, 3.63) is 42.0 Å². The molecular formula is C20H20N2O2. The topological polar surface area (TPSA) is 49.4 Å². The van der Waals surface area contributed by atoms with Crippen LogP contribution in [-0.2, 0) is 15.0 Å². The van der Waals surface area contributed by atoms with Gasteiger partial charge in [0.2, 0.25) is 5.91 Å². The van der Waals surface area contributed by atoms with Crippen LogP contribution >= 0.6 is 0 Å². The first-order valence-electron chi connectivity index (χ1n) is 8.95. The summed E-state index contributed by atoms with van der Waals surface area (Å²) in [4.78, 5) is 29.3. The summed E-state index contributed by atoms with van der Waals surface area (Å²) >= 11 is 0. The molecule has 1 aromatic carbocycles. The van der Waals surface area contributed by atoms with Crippen molar-refractivity contribution in [3.8, 4) is 0 Å². The van der Waals surface area contributed by atoms with Crippen LogP contribution in [0, 0.1) is 16.7 Å². The van der Waals surface area contributed by atoms with E-state index in [2.05, 4.69) is 28.4 Å². The second kappa shape index (κ2) is 3.67. The lowest BCUT2D eigenvalue weighted by molar-refractivity contribution is -0.146. The Balaban J connectivity index is 1.76. The lowest BCUT2D eigenvalue weighted by atomic mass is 9.51. The third kappa shape index (κ3) is 1.01. The number of ketones is 1. The van der Waals surface area contributed by atoms with Gasteiger partial charge in [-0.05, 0) is 31.0 Å². The molecule has 122 valence electrons. The molecule has 4 heteroatoms. The van der Waals surface area contributed by atoms with Crippen molar-refractivity contribution in [2.45, 2.75) is 31.2 Å². The van der Waals surface area contributed by atoms with Gasteiger partial charge in [0, 0.05) is 35.0 Å². The number of carbonyl (C=O) groups is 2. The van der Waals surface area contributed by atoms with Crippen LogP contribution in [-0.4, -0.2) is 35.7 Å². The Kier molecular flexibility index (Phi) is 2.04. The van der Waals surface area contributed by atoms with E-state index in [-0.39, 0.29) is 34.5 Å². The number of nitrogens with zero attached hydrogens (tertiary/aromatic N) is 1. The van der Waals surface area contributed by atoms with E-state index in [1.54, 1.807) is 0 Å². The van der Waals surface area contributed by atoms with Crippen LogP contribution < -0.4 is 5.32 Å². The minimum absolute atomic E-state index is 0.0559. The Hall–Kier alpha value is -1.94. The van der Waals surface area contributed by atoms with E-state index >= 15 is 0 Å². The number of carbonyl (C=O) groups excluding carboxylic acids is 2. The first-order valence-corrected chi connectivity index (χ1v) is 8.95. The maximum Gasteiger partial charge on any atom is 0.239 e. The molecule has 24 heavy (non-hydrogen) atoms. The van der Waals surface area contributed by atoms with Crippen LogP contribution in [0.1, 0.15) is 25.3 Å². The van der Waals surface area contributed by atoms with Crippen LogP contribution in [0.25, 0.3) is 0 Å². The van der Waals surface area contributed by atoms with Gasteiger partial charge in [0.25, 0.3) is 0 Å². The van der Waals surface area contributed by atoms with E-state index in [0.717, 1.165) is 25.2 Å². The van der Waals surface area contributed by atoms with Crippen molar-refractivity contribution in [1.82, 2.24) is 4.90 Å². The molecular weight excluding hydrogens is 300 g/mol. The summed E-state index contributed by atoms with van der Waals surface area (Å²) in [6.45, 7) is 3.95. The Labute approximate surface area is 140 Å². The molecule has 5 atom stereocenters. The fourth-order valence-electron chi connectivity index (χ4n) is 7.18. The Morgan fingerprint density at radius 2 is 2.08 bits per heavy atom. The summed E-state index contributed by atoms with van der Waals surface area (Å²) in [5.41, 5.74) is 0.692. The molecule has 1 N–H and O–H groups in total. The number of benzene rings is 1. The second-order valence-corrected chi connectivity index (χ2v) is 8.30.